The molecule has 0 aliphatic carbocycles. The summed E-state index contributed by atoms with van der Waals surface area (Å²) < 4.78 is 5.27. The van der Waals surface area contributed by atoms with Crippen LogP contribution >= 0.6 is 0 Å². The van der Waals surface area contributed by atoms with Crippen LogP contribution in [0.4, 0.5) is 5.69 Å². The van der Waals surface area contributed by atoms with Crippen molar-refractivity contribution in [1.29, 1.82) is 5.26 Å². The van der Waals surface area contributed by atoms with Gasteiger partial charge in [0.1, 0.15) is 11.8 Å². The number of anilines is 1. The molecule has 2 rings (SSSR count). The van der Waals surface area contributed by atoms with Gasteiger partial charge < -0.3 is 19.9 Å². The van der Waals surface area contributed by atoms with Gasteiger partial charge in [0.25, 0.3) is 0 Å². The third kappa shape index (κ3) is 4.25. The second kappa shape index (κ2) is 7.64. The summed E-state index contributed by atoms with van der Waals surface area (Å²) in [6.45, 7) is 1.90. The Balaban J connectivity index is 2.43. The molecule has 2 aromatic rings. The van der Waals surface area contributed by atoms with Crippen molar-refractivity contribution in [3.63, 3.8) is 0 Å². The fraction of sp³-hybridized carbons (Fsp3) is 0.278. The van der Waals surface area contributed by atoms with Crippen molar-refractivity contribution in [2.75, 3.05) is 33.1 Å². The lowest BCUT2D eigenvalue weighted by molar-refractivity contribution is -0.114. The van der Waals surface area contributed by atoms with Crippen LogP contribution in [0.2, 0.25) is 0 Å². The maximum atomic E-state index is 12.5. The van der Waals surface area contributed by atoms with Crippen LogP contribution in [-0.4, -0.2) is 49.3 Å². The summed E-state index contributed by atoms with van der Waals surface area (Å²) in [6, 6.07) is 7.03. The molecule has 0 bridgehead atoms. The zero-order chi connectivity index (χ0) is 18.6. The van der Waals surface area contributed by atoms with E-state index in [-0.39, 0.29) is 17.3 Å². The number of nitrogens with zero attached hydrogens (tertiary/aromatic N) is 2. The van der Waals surface area contributed by atoms with Crippen molar-refractivity contribution < 1.29 is 14.3 Å². The van der Waals surface area contributed by atoms with Gasteiger partial charge in [-0.25, -0.2) is 0 Å². The molecule has 0 aliphatic heterocycles. The second-order valence-electron chi connectivity index (χ2n) is 5.82. The average molecular weight is 340 g/mol. The summed E-state index contributed by atoms with van der Waals surface area (Å²) >= 11 is 0. The van der Waals surface area contributed by atoms with E-state index < -0.39 is 0 Å². The molecule has 25 heavy (non-hydrogen) atoms. The highest BCUT2D eigenvalue weighted by molar-refractivity contribution is 6.12. The highest BCUT2D eigenvalue weighted by atomic mass is 16.5. The number of ketones is 1. The fourth-order valence-electron chi connectivity index (χ4n) is 2.35. The van der Waals surface area contributed by atoms with Gasteiger partial charge in [-0.2, -0.15) is 5.26 Å². The lowest BCUT2D eigenvalue weighted by atomic mass is 10.1. The number of carbonyl (C=O) groups excluding carboxylic acids is 2. The van der Waals surface area contributed by atoms with Gasteiger partial charge in [-0.3, -0.25) is 9.59 Å². The maximum Gasteiger partial charge on any atom is 0.221 e. The molecule has 2 N–H and O–H groups in total. The molecule has 7 heteroatoms. The number of benzene rings is 1. The molecule has 0 saturated heterocycles. The Labute approximate surface area is 145 Å². The molecule has 0 unspecified atom stereocenters. The average Bonchev–Trinajstić information content (AvgIpc) is 2.96. The van der Waals surface area contributed by atoms with Crippen molar-refractivity contribution >= 4 is 28.3 Å². The number of methoxy groups -OCH3 is 1. The zero-order valence-electron chi connectivity index (χ0n) is 14.6. The largest absolute Gasteiger partial charge is 0.495 e. The number of Topliss-reactive ketones (excluding diaryl/α,β-unsaturated/α-hetero) is 1. The quantitative estimate of drug-likeness (QED) is 0.478. The Morgan fingerprint density at radius 3 is 2.64 bits per heavy atom. The van der Waals surface area contributed by atoms with Gasteiger partial charge in [-0.15, -0.1) is 0 Å². The molecular weight excluding hydrogens is 320 g/mol. The van der Waals surface area contributed by atoms with Crippen LogP contribution in [0.3, 0.4) is 0 Å². The predicted molar refractivity (Wildman–Crippen MR) is 95.7 cm³/mol. The van der Waals surface area contributed by atoms with Crippen LogP contribution in [0.1, 0.15) is 17.4 Å². The Kier molecular flexibility index (Phi) is 5.57. The summed E-state index contributed by atoms with van der Waals surface area (Å²) in [7, 11) is 5.21. The summed E-state index contributed by atoms with van der Waals surface area (Å²) in [6.07, 6.45) is 1.59. The molecular formula is C18H20N4O3. The molecule has 0 fully saturated rings. The van der Waals surface area contributed by atoms with E-state index in [9.17, 15) is 14.9 Å². The zero-order valence-corrected chi connectivity index (χ0v) is 14.6. The minimum Gasteiger partial charge on any atom is -0.495 e. The lowest BCUT2D eigenvalue weighted by Crippen LogP contribution is -2.13. The number of nitriles is 1. The summed E-state index contributed by atoms with van der Waals surface area (Å²) in [5.41, 5.74) is 1.56. The number of fused-ring (bicyclic) bond motifs is 1. The van der Waals surface area contributed by atoms with E-state index in [0.29, 0.717) is 29.2 Å². The van der Waals surface area contributed by atoms with Crippen molar-refractivity contribution in [3.8, 4) is 11.8 Å². The molecule has 0 saturated carbocycles. The van der Waals surface area contributed by atoms with Crippen LogP contribution < -0.4 is 10.1 Å². The van der Waals surface area contributed by atoms with Gasteiger partial charge in [-0.1, -0.05) is 0 Å². The first-order valence-electron chi connectivity index (χ1n) is 7.63. The normalized spacial score (nSPS) is 11.4. The minimum atomic E-state index is -0.374. The number of ether oxygens (including phenoxy) is 1. The molecule has 1 amide bonds. The van der Waals surface area contributed by atoms with E-state index in [2.05, 4.69) is 10.3 Å². The molecule has 1 heterocycles. The van der Waals surface area contributed by atoms with Crippen molar-refractivity contribution in [3.05, 3.63) is 35.5 Å². The smallest absolute Gasteiger partial charge is 0.221 e. The first-order chi connectivity index (χ1) is 11.8. The van der Waals surface area contributed by atoms with E-state index in [4.69, 9.17) is 4.74 Å². The first-order valence-corrected chi connectivity index (χ1v) is 7.63. The summed E-state index contributed by atoms with van der Waals surface area (Å²) in [5, 5.41) is 12.7. The Hall–Kier alpha value is -3.11. The number of amides is 1. The van der Waals surface area contributed by atoms with Crippen LogP contribution in [0, 0.1) is 11.3 Å². The number of carbonyl (C=O) groups is 2. The number of aromatic nitrogens is 1. The van der Waals surface area contributed by atoms with E-state index in [0.717, 1.165) is 5.39 Å². The number of allylic oxidation sites excluding steroid dienone is 1. The van der Waals surface area contributed by atoms with Gasteiger partial charge in [0.05, 0.1) is 24.1 Å². The van der Waals surface area contributed by atoms with Crippen LogP contribution in [0.25, 0.3) is 10.9 Å². The highest BCUT2D eigenvalue weighted by Gasteiger charge is 2.16. The van der Waals surface area contributed by atoms with Crippen molar-refractivity contribution in [2.45, 2.75) is 6.92 Å². The number of rotatable bonds is 6. The van der Waals surface area contributed by atoms with Gasteiger partial charge >= 0.3 is 0 Å². The number of H-pyrrole nitrogens is 1. The van der Waals surface area contributed by atoms with Crippen molar-refractivity contribution in [1.82, 2.24) is 9.88 Å². The third-order valence-electron chi connectivity index (χ3n) is 3.52. The topological polar surface area (TPSA) is 98.2 Å². The fourth-order valence-corrected chi connectivity index (χ4v) is 2.35. The highest BCUT2D eigenvalue weighted by Crippen LogP contribution is 2.31. The molecule has 130 valence electrons. The number of nitrogens with one attached hydrogen (secondary N) is 2. The summed E-state index contributed by atoms with van der Waals surface area (Å²) in [4.78, 5) is 28.7. The number of likely N-dealkylation sites (N-methyl/N-ethyl adjacent to an activating group) is 1. The van der Waals surface area contributed by atoms with Crippen LogP contribution in [0.15, 0.2) is 29.8 Å². The molecule has 0 spiro atoms. The van der Waals surface area contributed by atoms with Gasteiger partial charge in [0.2, 0.25) is 11.7 Å². The molecule has 7 nitrogen and oxygen atoms in total. The molecule has 1 aromatic carbocycles. The molecule has 0 radical (unpaired) electrons. The van der Waals surface area contributed by atoms with Gasteiger partial charge in [0.15, 0.2) is 0 Å². The maximum absolute atomic E-state index is 12.5. The lowest BCUT2D eigenvalue weighted by Gasteiger charge is -2.08. The Bertz CT molecular complexity index is 888. The Morgan fingerprint density at radius 2 is 2.08 bits per heavy atom. The third-order valence-corrected chi connectivity index (χ3v) is 3.52. The first kappa shape index (κ1) is 18.2. The summed E-state index contributed by atoms with van der Waals surface area (Å²) in [5.74, 6) is -0.108. The number of hydrogen-bond donors (Lipinski definition) is 2. The van der Waals surface area contributed by atoms with E-state index in [1.165, 1.54) is 14.0 Å². The standard InChI is InChI=1S/C18H20N4O3/c1-11(23)20-15-9-14-13(8-17(15)25-4)7-16(21-14)18(24)12(10-19)5-6-22(2)3/h5,7-9,21H,6H2,1-4H3,(H,20,23)/b12-5+. The van der Waals surface area contributed by atoms with Crippen LogP contribution in [-0.2, 0) is 4.79 Å². The monoisotopic (exact) mass is 340 g/mol. The van der Waals surface area contributed by atoms with E-state index in [1.807, 2.05) is 25.1 Å². The molecule has 0 aliphatic rings. The van der Waals surface area contributed by atoms with E-state index >= 15 is 0 Å². The second-order valence-corrected chi connectivity index (χ2v) is 5.82. The Morgan fingerprint density at radius 1 is 1.36 bits per heavy atom. The van der Waals surface area contributed by atoms with Gasteiger partial charge in [0, 0.05) is 24.4 Å². The van der Waals surface area contributed by atoms with E-state index in [1.54, 1.807) is 24.3 Å². The SMILES string of the molecule is COc1cc2cc(C(=O)/C(C#N)=C/CN(C)C)[nH]c2cc1NC(C)=O. The van der Waals surface area contributed by atoms with Crippen LogP contribution in [0.5, 0.6) is 5.75 Å². The van der Waals surface area contributed by atoms with Gasteiger partial charge in [-0.05, 0) is 38.4 Å². The predicted octanol–water partition coefficient (Wildman–Crippen LogP) is 2.33. The molecule has 1 aromatic heterocycles. The van der Waals surface area contributed by atoms with Crippen molar-refractivity contribution in [2.24, 2.45) is 0 Å². The number of hydrogen-bond acceptors (Lipinski definition) is 5. The minimum absolute atomic E-state index is 0.0781. The number of aromatic amines is 1. The molecule has 0 atom stereocenters.